The molecule has 7 heteroatoms. The largest absolute Gasteiger partial charge is 0.394 e. The standard InChI is InChI=1S/C9H16O7/c1-4(11)2-5(12)7(14)9(16)8(15)6(13)3-10/h6-10,13-16H,2-3H2,1H3/t6-,7-,8-,9-/m1/s1. The van der Waals surface area contributed by atoms with Crippen molar-refractivity contribution in [3.63, 3.8) is 0 Å². The lowest BCUT2D eigenvalue weighted by Gasteiger charge is -2.24. The second kappa shape index (κ2) is 6.66. The van der Waals surface area contributed by atoms with Gasteiger partial charge in [-0.15, -0.1) is 0 Å². The Balaban J connectivity index is 4.42. The second-order valence-corrected chi connectivity index (χ2v) is 3.52. The molecule has 0 saturated carbocycles. The van der Waals surface area contributed by atoms with Crippen LogP contribution in [-0.2, 0) is 9.59 Å². The lowest BCUT2D eigenvalue weighted by Crippen LogP contribution is -2.48. The zero-order valence-corrected chi connectivity index (χ0v) is 8.78. The highest BCUT2D eigenvalue weighted by molar-refractivity contribution is 6.00. The Morgan fingerprint density at radius 1 is 1.06 bits per heavy atom. The van der Waals surface area contributed by atoms with E-state index in [-0.39, 0.29) is 0 Å². The van der Waals surface area contributed by atoms with Gasteiger partial charge in [-0.3, -0.25) is 9.59 Å². The molecule has 0 aromatic carbocycles. The summed E-state index contributed by atoms with van der Waals surface area (Å²) in [6, 6.07) is 0. The molecule has 0 aromatic heterocycles. The number of hydrogen-bond acceptors (Lipinski definition) is 7. The third-order valence-electron chi connectivity index (χ3n) is 2.01. The number of hydrogen-bond donors (Lipinski definition) is 5. The van der Waals surface area contributed by atoms with E-state index in [1.54, 1.807) is 0 Å². The first-order valence-electron chi connectivity index (χ1n) is 4.66. The minimum absolute atomic E-state index is 0.492. The molecule has 7 nitrogen and oxygen atoms in total. The molecule has 0 unspecified atom stereocenters. The molecular formula is C9H16O7. The normalized spacial score (nSPS) is 18.6. The second-order valence-electron chi connectivity index (χ2n) is 3.52. The molecule has 0 rings (SSSR count). The highest BCUT2D eigenvalue weighted by Gasteiger charge is 2.34. The minimum Gasteiger partial charge on any atom is -0.394 e. The Morgan fingerprint density at radius 2 is 1.56 bits per heavy atom. The summed E-state index contributed by atoms with van der Waals surface area (Å²) in [5.41, 5.74) is 0. The Bertz CT molecular complexity index is 252. The van der Waals surface area contributed by atoms with Crippen molar-refractivity contribution in [3.05, 3.63) is 0 Å². The summed E-state index contributed by atoms with van der Waals surface area (Å²) in [4.78, 5) is 21.7. The van der Waals surface area contributed by atoms with E-state index in [9.17, 15) is 24.9 Å². The molecule has 16 heavy (non-hydrogen) atoms. The first kappa shape index (κ1) is 15.1. The monoisotopic (exact) mass is 236 g/mol. The van der Waals surface area contributed by atoms with Gasteiger partial charge in [0, 0.05) is 0 Å². The molecule has 0 aromatic rings. The van der Waals surface area contributed by atoms with Gasteiger partial charge >= 0.3 is 0 Å². The van der Waals surface area contributed by atoms with E-state index in [4.69, 9.17) is 10.2 Å². The number of carbonyl (C=O) groups is 2. The number of Topliss-reactive ketones (excluding diaryl/α,β-unsaturated/α-hetero) is 2. The van der Waals surface area contributed by atoms with Gasteiger partial charge < -0.3 is 25.5 Å². The van der Waals surface area contributed by atoms with E-state index in [0.29, 0.717) is 0 Å². The predicted octanol–water partition coefficient (Wildman–Crippen LogP) is -3.03. The van der Waals surface area contributed by atoms with Crippen LogP contribution in [0.1, 0.15) is 13.3 Å². The van der Waals surface area contributed by atoms with Gasteiger partial charge in [0.05, 0.1) is 13.0 Å². The lowest BCUT2D eigenvalue weighted by atomic mass is 9.98. The number of aliphatic hydroxyl groups excluding tert-OH is 5. The molecular weight excluding hydrogens is 220 g/mol. The highest BCUT2D eigenvalue weighted by atomic mass is 16.4. The topological polar surface area (TPSA) is 135 Å². The fourth-order valence-electron chi connectivity index (χ4n) is 1.06. The molecule has 0 heterocycles. The van der Waals surface area contributed by atoms with Crippen molar-refractivity contribution in [1.82, 2.24) is 0 Å². The molecule has 0 amide bonds. The van der Waals surface area contributed by atoms with Gasteiger partial charge in [-0.2, -0.15) is 0 Å². The first-order chi connectivity index (χ1) is 7.31. The maximum Gasteiger partial charge on any atom is 0.171 e. The third-order valence-corrected chi connectivity index (χ3v) is 2.01. The van der Waals surface area contributed by atoms with Crippen LogP contribution in [-0.4, -0.2) is 68.1 Å². The van der Waals surface area contributed by atoms with Crippen molar-refractivity contribution in [2.24, 2.45) is 0 Å². The van der Waals surface area contributed by atoms with Gasteiger partial charge in [0.15, 0.2) is 5.78 Å². The van der Waals surface area contributed by atoms with Crippen LogP contribution in [0.15, 0.2) is 0 Å². The summed E-state index contributed by atoms with van der Waals surface area (Å²) >= 11 is 0. The van der Waals surface area contributed by atoms with Crippen LogP contribution in [0.4, 0.5) is 0 Å². The molecule has 94 valence electrons. The van der Waals surface area contributed by atoms with Crippen LogP contribution >= 0.6 is 0 Å². The van der Waals surface area contributed by atoms with E-state index in [0.717, 1.165) is 6.92 Å². The van der Waals surface area contributed by atoms with Crippen LogP contribution in [0.5, 0.6) is 0 Å². The zero-order valence-electron chi connectivity index (χ0n) is 8.78. The number of ketones is 2. The predicted molar refractivity (Wildman–Crippen MR) is 51.4 cm³/mol. The number of aliphatic hydroxyl groups is 5. The van der Waals surface area contributed by atoms with E-state index in [2.05, 4.69) is 0 Å². The average molecular weight is 236 g/mol. The Morgan fingerprint density at radius 3 is 1.94 bits per heavy atom. The van der Waals surface area contributed by atoms with Crippen molar-refractivity contribution in [1.29, 1.82) is 0 Å². The number of rotatable bonds is 7. The molecule has 0 bridgehead atoms. The van der Waals surface area contributed by atoms with Crippen molar-refractivity contribution in [2.75, 3.05) is 6.61 Å². The highest BCUT2D eigenvalue weighted by Crippen LogP contribution is 2.07. The summed E-state index contributed by atoms with van der Waals surface area (Å²) in [7, 11) is 0. The first-order valence-corrected chi connectivity index (χ1v) is 4.66. The van der Waals surface area contributed by atoms with Crippen molar-refractivity contribution < 1.29 is 35.1 Å². The zero-order chi connectivity index (χ0) is 12.9. The Kier molecular flexibility index (Phi) is 6.31. The quantitative estimate of drug-likeness (QED) is 0.297. The summed E-state index contributed by atoms with van der Waals surface area (Å²) < 4.78 is 0. The summed E-state index contributed by atoms with van der Waals surface area (Å²) in [6.45, 7) is 0.307. The summed E-state index contributed by atoms with van der Waals surface area (Å²) in [6.07, 6.45) is -8.03. The van der Waals surface area contributed by atoms with Crippen LogP contribution in [0.2, 0.25) is 0 Å². The molecule has 0 saturated heterocycles. The molecule has 5 N–H and O–H groups in total. The van der Waals surface area contributed by atoms with E-state index >= 15 is 0 Å². The van der Waals surface area contributed by atoms with Gasteiger partial charge in [0.25, 0.3) is 0 Å². The maximum absolute atomic E-state index is 11.1. The van der Waals surface area contributed by atoms with Crippen LogP contribution in [0, 0.1) is 0 Å². The molecule has 0 fully saturated rings. The molecule has 0 aliphatic rings. The van der Waals surface area contributed by atoms with E-state index in [1.165, 1.54) is 0 Å². The SMILES string of the molecule is CC(=O)CC(=O)[C@@H](O)[C@@H](O)[C@H](O)[C@H](O)CO. The smallest absolute Gasteiger partial charge is 0.171 e. The van der Waals surface area contributed by atoms with Gasteiger partial charge in [-0.1, -0.05) is 0 Å². The van der Waals surface area contributed by atoms with Gasteiger partial charge in [-0.25, -0.2) is 0 Å². The van der Waals surface area contributed by atoms with E-state index in [1.807, 2.05) is 0 Å². The molecule has 0 aliphatic heterocycles. The Hall–Kier alpha value is -0.860. The molecule has 4 atom stereocenters. The third kappa shape index (κ3) is 4.33. The van der Waals surface area contributed by atoms with Crippen molar-refractivity contribution >= 4 is 11.6 Å². The fraction of sp³-hybridized carbons (Fsp3) is 0.778. The van der Waals surface area contributed by atoms with E-state index < -0.39 is 49.0 Å². The van der Waals surface area contributed by atoms with Crippen molar-refractivity contribution in [3.8, 4) is 0 Å². The van der Waals surface area contributed by atoms with Crippen LogP contribution < -0.4 is 0 Å². The van der Waals surface area contributed by atoms with Gasteiger partial charge in [-0.05, 0) is 6.92 Å². The maximum atomic E-state index is 11.1. The van der Waals surface area contributed by atoms with Gasteiger partial charge in [0.2, 0.25) is 0 Å². The molecule has 0 radical (unpaired) electrons. The molecule has 0 spiro atoms. The fourth-order valence-corrected chi connectivity index (χ4v) is 1.06. The Labute approximate surface area is 92.0 Å². The minimum atomic E-state index is -1.97. The summed E-state index contributed by atoms with van der Waals surface area (Å²) in [5, 5.41) is 45.1. The van der Waals surface area contributed by atoms with Gasteiger partial charge in [0.1, 0.15) is 30.2 Å². The van der Waals surface area contributed by atoms with Crippen LogP contribution in [0.25, 0.3) is 0 Å². The molecule has 0 aliphatic carbocycles. The lowest BCUT2D eigenvalue weighted by molar-refractivity contribution is -0.148. The van der Waals surface area contributed by atoms with Crippen molar-refractivity contribution in [2.45, 2.75) is 37.8 Å². The van der Waals surface area contributed by atoms with Crippen LogP contribution in [0.3, 0.4) is 0 Å². The summed E-state index contributed by atoms with van der Waals surface area (Å²) in [5.74, 6) is -1.45. The average Bonchev–Trinajstić information content (AvgIpc) is 2.23. The number of carbonyl (C=O) groups excluding carboxylic acids is 2.